The molecule has 2 amide bonds. The summed E-state index contributed by atoms with van der Waals surface area (Å²) in [5.74, 6) is 0.414. The number of anilines is 2. The number of likely N-dealkylation sites (tertiary alicyclic amines) is 1. The van der Waals surface area contributed by atoms with Crippen LogP contribution in [0.2, 0.25) is 0 Å². The molecule has 4 heterocycles. The normalized spacial score (nSPS) is 19.6. The lowest BCUT2D eigenvalue weighted by molar-refractivity contribution is 0.0562. The van der Waals surface area contributed by atoms with Crippen molar-refractivity contribution in [1.82, 2.24) is 24.6 Å². The number of nitrogens with zero attached hydrogens (tertiary/aromatic N) is 4. The Hall–Kier alpha value is -3.86. The number of piperidine rings is 1. The van der Waals surface area contributed by atoms with E-state index in [1.165, 1.54) is 4.90 Å². The van der Waals surface area contributed by atoms with Crippen LogP contribution in [0.4, 0.5) is 16.3 Å². The molecule has 2 saturated heterocycles. The highest BCUT2D eigenvalue weighted by Crippen LogP contribution is 2.37. The van der Waals surface area contributed by atoms with Crippen LogP contribution in [0.3, 0.4) is 0 Å². The van der Waals surface area contributed by atoms with Crippen molar-refractivity contribution in [3.8, 4) is 0 Å². The van der Waals surface area contributed by atoms with Gasteiger partial charge in [-0.25, -0.2) is 4.79 Å². The third-order valence-electron chi connectivity index (χ3n) is 8.13. The third-order valence-corrected chi connectivity index (χ3v) is 8.13. The van der Waals surface area contributed by atoms with Gasteiger partial charge < -0.3 is 29.9 Å². The summed E-state index contributed by atoms with van der Waals surface area (Å²) in [6.07, 6.45) is 3.47. The Morgan fingerprint density at radius 1 is 1.21 bits per heavy atom. The molecule has 5 rings (SSSR count). The van der Waals surface area contributed by atoms with Gasteiger partial charge in [0.25, 0.3) is 11.5 Å². The fourth-order valence-electron chi connectivity index (χ4n) is 5.82. The molecule has 1 unspecified atom stereocenters. The number of aryl methyl sites for hydroxylation is 1. The molecule has 2 aromatic heterocycles. The van der Waals surface area contributed by atoms with Gasteiger partial charge in [0, 0.05) is 50.2 Å². The van der Waals surface area contributed by atoms with Gasteiger partial charge >= 0.3 is 6.09 Å². The van der Waals surface area contributed by atoms with Gasteiger partial charge in [-0.1, -0.05) is 6.92 Å². The molecule has 1 aromatic carbocycles. The smallest absolute Gasteiger partial charge is 0.407 e. The number of aromatic nitrogens is 3. The molecule has 0 bridgehead atoms. The minimum atomic E-state index is -0.917. The lowest BCUT2D eigenvalue weighted by Crippen LogP contribution is -2.47. The lowest BCUT2D eigenvalue weighted by Gasteiger charge is -2.41. The predicted octanol–water partition coefficient (Wildman–Crippen LogP) is 3.91. The van der Waals surface area contributed by atoms with E-state index in [0.717, 1.165) is 24.1 Å². The molecular formula is C28H36N6O5. The SMILES string of the molecule is CCC1(n2nc(Nc3ccc(C(=O)N4CCCOC(C)C4)c(C)c3)c3c(=O)[nH]ccc32)CCN(C(=O)O)CC1. The Labute approximate surface area is 226 Å². The van der Waals surface area contributed by atoms with E-state index >= 15 is 0 Å². The Morgan fingerprint density at radius 2 is 1.97 bits per heavy atom. The zero-order valence-electron chi connectivity index (χ0n) is 22.7. The van der Waals surface area contributed by atoms with Gasteiger partial charge in [0.15, 0.2) is 5.82 Å². The average molecular weight is 537 g/mol. The zero-order chi connectivity index (χ0) is 27.7. The highest BCUT2D eigenvalue weighted by molar-refractivity contribution is 5.96. The molecule has 0 radical (unpaired) electrons. The number of benzene rings is 1. The number of rotatable bonds is 5. The van der Waals surface area contributed by atoms with Crippen molar-refractivity contribution in [3.05, 3.63) is 51.9 Å². The summed E-state index contributed by atoms with van der Waals surface area (Å²) in [6.45, 7) is 8.66. The first-order valence-electron chi connectivity index (χ1n) is 13.6. The standard InChI is InChI=1S/C28H36N6O5/c1-4-28(9-13-32(14-10-28)27(37)38)34-22-8-11-29-25(35)23(22)24(31-34)30-20-6-7-21(18(2)16-20)26(36)33-12-5-15-39-19(3)17-33/h6-8,11,16,19H,4-5,9-10,12-15,17H2,1-3H3,(H,29,35)(H,30,31)(H,37,38). The lowest BCUT2D eigenvalue weighted by atomic mass is 9.85. The van der Waals surface area contributed by atoms with Crippen molar-refractivity contribution in [2.24, 2.45) is 0 Å². The molecule has 0 aliphatic carbocycles. The van der Waals surface area contributed by atoms with Crippen LogP contribution in [0.5, 0.6) is 0 Å². The Morgan fingerprint density at radius 3 is 2.67 bits per heavy atom. The van der Waals surface area contributed by atoms with Crippen molar-refractivity contribution < 1.29 is 19.4 Å². The molecule has 2 aliphatic heterocycles. The van der Waals surface area contributed by atoms with E-state index < -0.39 is 11.6 Å². The first kappa shape index (κ1) is 26.7. The largest absolute Gasteiger partial charge is 0.465 e. The monoisotopic (exact) mass is 536 g/mol. The second-order valence-electron chi connectivity index (χ2n) is 10.6. The summed E-state index contributed by atoms with van der Waals surface area (Å²) in [5, 5.41) is 18.1. The van der Waals surface area contributed by atoms with Crippen LogP contribution in [0.15, 0.2) is 35.3 Å². The maximum atomic E-state index is 13.3. The van der Waals surface area contributed by atoms with Gasteiger partial charge in [0.05, 0.1) is 17.2 Å². The first-order valence-corrected chi connectivity index (χ1v) is 13.6. The third kappa shape index (κ3) is 5.10. The number of hydrogen-bond acceptors (Lipinski definition) is 6. The van der Waals surface area contributed by atoms with Gasteiger partial charge in [-0.05, 0) is 69.4 Å². The summed E-state index contributed by atoms with van der Waals surface area (Å²) in [4.78, 5) is 43.8. The summed E-state index contributed by atoms with van der Waals surface area (Å²) in [7, 11) is 0. The Kier molecular flexibility index (Phi) is 7.35. The topological polar surface area (TPSA) is 133 Å². The molecule has 2 aliphatic rings. The molecule has 0 saturated carbocycles. The van der Waals surface area contributed by atoms with E-state index in [1.54, 1.807) is 6.20 Å². The molecule has 3 aromatic rings. The summed E-state index contributed by atoms with van der Waals surface area (Å²) in [6, 6.07) is 7.39. The maximum Gasteiger partial charge on any atom is 0.407 e. The fourth-order valence-corrected chi connectivity index (χ4v) is 5.82. The predicted molar refractivity (Wildman–Crippen MR) is 148 cm³/mol. The first-order chi connectivity index (χ1) is 18.7. The van der Waals surface area contributed by atoms with Gasteiger partial charge in [-0.15, -0.1) is 0 Å². The summed E-state index contributed by atoms with van der Waals surface area (Å²) >= 11 is 0. The van der Waals surface area contributed by atoms with Crippen LogP contribution >= 0.6 is 0 Å². The number of aromatic amines is 1. The van der Waals surface area contributed by atoms with Crippen molar-refractivity contribution in [2.75, 3.05) is 38.1 Å². The number of ether oxygens (including phenoxy) is 1. The molecule has 11 nitrogen and oxygen atoms in total. The number of fused-ring (bicyclic) bond motifs is 1. The zero-order valence-corrected chi connectivity index (χ0v) is 22.7. The number of hydrogen-bond donors (Lipinski definition) is 3. The van der Waals surface area contributed by atoms with Crippen LogP contribution in [0.1, 0.15) is 55.5 Å². The number of carboxylic acid groups (broad SMARTS) is 1. The number of carbonyl (C=O) groups is 2. The van der Waals surface area contributed by atoms with E-state index in [2.05, 4.69) is 17.2 Å². The molecule has 0 spiro atoms. The summed E-state index contributed by atoms with van der Waals surface area (Å²) in [5.41, 5.74) is 2.23. The quantitative estimate of drug-likeness (QED) is 0.450. The molecule has 1 atom stereocenters. The van der Waals surface area contributed by atoms with E-state index in [4.69, 9.17) is 9.84 Å². The highest BCUT2D eigenvalue weighted by Gasteiger charge is 2.38. The van der Waals surface area contributed by atoms with Gasteiger partial charge in [-0.2, -0.15) is 5.10 Å². The molecule has 208 valence electrons. The van der Waals surface area contributed by atoms with Crippen LogP contribution in [-0.2, 0) is 10.3 Å². The Balaban J connectivity index is 1.45. The van der Waals surface area contributed by atoms with E-state index in [0.29, 0.717) is 67.9 Å². The number of pyridine rings is 1. The Bertz CT molecular complexity index is 1440. The van der Waals surface area contributed by atoms with E-state index in [9.17, 15) is 19.5 Å². The van der Waals surface area contributed by atoms with Crippen molar-refractivity contribution >= 4 is 34.4 Å². The molecule has 11 heteroatoms. The van der Waals surface area contributed by atoms with Crippen molar-refractivity contribution in [1.29, 1.82) is 0 Å². The number of H-pyrrole nitrogens is 1. The van der Waals surface area contributed by atoms with Crippen LogP contribution in [-0.4, -0.2) is 80.6 Å². The summed E-state index contributed by atoms with van der Waals surface area (Å²) < 4.78 is 7.60. The minimum absolute atomic E-state index is 0.00181. The van der Waals surface area contributed by atoms with E-state index in [1.807, 2.05) is 47.7 Å². The van der Waals surface area contributed by atoms with Crippen molar-refractivity contribution in [2.45, 2.75) is 58.1 Å². The second kappa shape index (κ2) is 10.7. The highest BCUT2D eigenvalue weighted by atomic mass is 16.5. The number of amides is 2. The number of nitrogens with one attached hydrogen (secondary N) is 2. The van der Waals surface area contributed by atoms with Gasteiger partial charge in [-0.3, -0.25) is 14.3 Å². The van der Waals surface area contributed by atoms with Crippen molar-refractivity contribution in [3.63, 3.8) is 0 Å². The van der Waals surface area contributed by atoms with Gasteiger partial charge in [0.1, 0.15) is 5.39 Å². The van der Waals surface area contributed by atoms with Crippen LogP contribution in [0, 0.1) is 6.92 Å². The molecule has 3 N–H and O–H groups in total. The van der Waals surface area contributed by atoms with Crippen LogP contribution in [0.25, 0.3) is 10.9 Å². The molecular weight excluding hydrogens is 500 g/mol. The van der Waals surface area contributed by atoms with Crippen LogP contribution < -0.4 is 10.9 Å². The molecule has 39 heavy (non-hydrogen) atoms. The van der Waals surface area contributed by atoms with Gasteiger partial charge in [0.2, 0.25) is 0 Å². The minimum Gasteiger partial charge on any atom is -0.465 e. The number of carbonyl (C=O) groups excluding carboxylic acids is 1. The average Bonchev–Trinajstić information content (AvgIpc) is 3.15. The fraction of sp³-hybridized carbons (Fsp3) is 0.500. The van der Waals surface area contributed by atoms with E-state index in [-0.39, 0.29) is 17.6 Å². The maximum absolute atomic E-state index is 13.3. The second-order valence-corrected chi connectivity index (χ2v) is 10.6. The molecule has 2 fully saturated rings.